The van der Waals surface area contributed by atoms with Crippen molar-refractivity contribution in [1.29, 1.82) is 5.26 Å². The highest BCUT2D eigenvalue weighted by atomic mass is 79.9. The number of aromatic nitrogens is 1. The predicted molar refractivity (Wildman–Crippen MR) is 63.6 cm³/mol. The Morgan fingerprint density at radius 2 is 2.29 bits per heavy atom. The largest absolute Gasteiger partial charge is 0.474 e. The van der Waals surface area contributed by atoms with Crippen LogP contribution in [0.1, 0.15) is 5.69 Å². The second-order valence-corrected chi connectivity index (χ2v) is 4.00. The van der Waals surface area contributed by atoms with E-state index in [1.165, 1.54) is 0 Å². The van der Waals surface area contributed by atoms with E-state index >= 15 is 0 Å². The lowest BCUT2D eigenvalue weighted by Crippen LogP contribution is -2.08. The first-order valence-corrected chi connectivity index (χ1v) is 5.66. The van der Waals surface area contributed by atoms with Crippen molar-refractivity contribution in [3.8, 4) is 11.9 Å². The van der Waals surface area contributed by atoms with Gasteiger partial charge in [-0.3, -0.25) is 4.79 Å². The third-order valence-electron chi connectivity index (χ3n) is 1.86. The van der Waals surface area contributed by atoms with Gasteiger partial charge in [-0.2, -0.15) is 5.26 Å². The molecule has 0 atom stereocenters. The molecule has 0 radical (unpaired) electrons. The van der Waals surface area contributed by atoms with Gasteiger partial charge in [0.15, 0.2) is 0 Å². The molecule has 0 aliphatic carbocycles. The number of hydrogen-bond acceptors (Lipinski definition) is 5. The van der Waals surface area contributed by atoms with Crippen molar-refractivity contribution in [3.63, 3.8) is 0 Å². The molecule has 0 saturated heterocycles. The summed E-state index contributed by atoms with van der Waals surface area (Å²) in [5, 5.41) is 8.41. The quantitative estimate of drug-likeness (QED) is 0.588. The molecule has 0 saturated carbocycles. The number of pyridine rings is 1. The maximum Gasteiger partial charge on any atom is 0.237 e. The van der Waals surface area contributed by atoms with Crippen LogP contribution in [-0.4, -0.2) is 31.1 Å². The molecule has 17 heavy (non-hydrogen) atoms. The smallest absolute Gasteiger partial charge is 0.237 e. The number of ether oxygens (including phenoxy) is 2. The highest BCUT2D eigenvalue weighted by Gasteiger charge is 2.08. The second-order valence-electron chi connectivity index (χ2n) is 3.14. The van der Waals surface area contributed by atoms with Crippen LogP contribution in [0.2, 0.25) is 0 Å². The summed E-state index contributed by atoms with van der Waals surface area (Å²) in [5.41, 5.74) is 0.507. The van der Waals surface area contributed by atoms with Gasteiger partial charge in [0, 0.05) is 7.11 Å². The van der Waals surface area contributed by atoms with E-state index in [0.29, 0.717) is 29.3 Å². The molecule has 1 aromatic rings. The number of methoxy groups -OCH3 is 1. The van der Waals surface area contributed by atoms with Crippen molar-refractivity contribution in [3.05, 3.63) is 22.3 Å². The molecule has 5 nitrogen and oxygen atoms in total. The maximum absolute atomic E-state index is 11.0. The van der Waals surface area contributed by atoms with Crippen LogP contribution in [0.5, 0.6) is 5.88 Å². The number of ketones is 1. The van der Waals surface area contributed by atoms with Crippen LogP contribution >= 0.6 is 15.9 Å². The topological polar surface area (TPSA) is 72.2 Å². The van der Waals surface area contributed by atoms with Crippen LogP contribution in [0, 0.1) is 11.3 Å². The van der Waals surface area contributed by atoms with E-state index in [0.717, 1.165) is 0 Å². The van der Waals surface area contributed by atoms with Gasteiger partial charge in [0.2, 0.25) is 11.7 Å². The Hall–Kier alpha value is -1.45. The minimum absolute atomic E-state index is 0.00951. The van der Waals surface area contributed by atoms with Gasteiger partial charge in [0.25, 0.3) is 0 Å². The zero-order valence-corrected chi connectivity index (χ0v) is 10.9. The normalized spacial score (nSPS) is 9.71. The minimum atomic E-state index is -0.525. The van der Waals surface area contributed by atoms with Crippen molar-refractivity contribution in [1.82, 2.24) is 4.98 Å². The summed E-state index contributed by atoms with van der Waals surface area (Å²) >= 11 is 3.29. The zero-order valence-electron chi connectivity index (χ0n) is 9.27. The number of nitriles is 1. The lowest BCUT2D eigenvalue weighted by Gasteiger charge is -2.07. The zero-order chi connectivity index (χ0) is 12.7. The molecule has 0 aromatic carbocycles. The average Bonchev–Trinajstić information content (AvgIpc) is 2.33. The number of carbonyl (C=O) groups is 1. The van der Waals surface area contributed by atoms with Gasteiger partial charge >= 0.3 is 0 Å². The molecule has 0 bridgehead atoms. The highest BCUT2D eigenvalue weighted by Crippen LogP contribution is 2.22. The molecule has 0 unspecified atom stereocenters. The molecule has 0 amide bonds. The van der Waals surface area contributed by atoms with E-state index in [9.17, 15) is 4.79 Å². The molecule has 0 aliphatic heterocycles. The molecular weight excluding hydrogens is 288 g/mol. The van der Waals surface area contributed by atoms with E-state index < -0.39 is 5.78 Å². The monoisotopic (exact) mass is 298 g/mol. The number of carbonyl (C=O) groups excluding carboxylic acids is 1. The molecule has 1 heterocycles. The number of hydrogen-bond donors (Lipinski definition) is 0. The van der Waals surface area contributed by atoms with Crippen molar-refractivity contribution in [2.75, 3.05) is 20.3 Å². The van der Waals surface area contributed by atoms with Gasteiger partial charge in [-0.1, -0.05) is 0 Å². The second kappa shape index (κ2) is 6.99. The van der Waals surface area contributed by atoms with E-state index in [4.69, 9.17) is 14.7 Å². The van der Waals surface area contributed by atoms with E-state index in [1.807, 2.05) is 0 Å². The van der Waals surface area contributed by atoms with Gasteiger partial charge in [-0.05, 0) is 28.1 Å². The Morgan fingerprint density at radius 1 is 1.53 bits per heavy atom. The molecular formula is C11H11BrN2O3. The summed E-state index contributed by atoms with van der Waals surface area (Å²) in [5.74, 6) is -0.132. The molecule has 0 N–H and O–H groups in total. The fourth-order valence-electron chi connectivity index (χ4n) is 1.09. The average molecular weight is 299 g/mol. The van der Waals surface area contributed by atoms with E-state index in [2.05, 4.69) is 20.9 Å². The minimum Gasteiger partial charge on any atom is -0.474 e. The van der Waals surface area contributed by atoms with Crippen LogP contribution in [0.25, 0.3) is 0 Å². The van der Waals surface area contributed by atoms with Gasteiger partial charge in [0.05, 0.1) is 23.2 Å². The van der Waals surface area contributed by atoms with Crippen molar-refractivity contribution < 1.29 is 14.3 Å². The molecule has 0 aliphatic rings. The molecule has 1 rings (SSSR count). The number of rotatable bonds is 6. The summed E-state index contributed by atoms with van der Waals surface area (Å²) in [6.07, 6.45) is -0.00951. The SMILES string of the molecule is COCCOc1nc(CC(=O)C#N)ccc1Br. The molecule has 90 valence electrons. The van der Waals surface area contributed by atoms with E-state index in [-0.39, 0.29) is 6.42 Å². The Labute approximate surface area is 107 Å². The third kappa shape index (κ3) is 4.51. The summed E-state index contributed by atoms with van der Waals surface area (Å²) in [6.45, 7) is 0.827. The summed E-state index contributed by atoms with van der Waals surface area (Å²) in [7, 11) is 1.58. The first kappa shape index (κ1) is 13.6. The number of nitrogens with zero attached hydrogens (tertiary/aromatic N) is 2. The molecule has 0 fully saturated rings. The number of Topliss-reactive ketones (excluding diaryl/α,β-unsaturated/α-hetero) is 1. The predicted octanol–water partition coefficient (Wildman–Crippen LogP) is 1.50. The maximum atomic E-state index is 11.0. The van der Waals surface area contributed by atoms with Gasteiger partial charge in [-0.15, -0.1) is 0 Å². The standard InChI is InChI=1S/C11H11BrN2O3/c1-16-4-5-17-11-10(12)3-2-8(14-11)6-9(15)7-13/h2-3H,4-6H2,1H3. The van der Waals surface area contributed by atoms with Crippen LogP contribution in [0.15, 0.2) is 16.6 Å². The Bertz CT molecular complexity index is 443. The van der Waals surface area contributed by atoms with Crippen LogP contribution in [0.4, 0.5) is 0 Å². The summed E-state index contributed by atoms with van der Waals surface area (Å²) in [4.78, 5) is 15.1. The van der Waals surface area contributed by atoms with E-state index in [1.54, 1.807) is 25.3 Å². The number of halogens is 1. The first-order valence-electron chi connectivity index (χ1n) is 4.87. The van der Waals surface area contributed by atoms with Crippen molar-refractivity contribution in [2.24, 2.45) is 0 Å². The Morgan fingerprint density at radius 3 is 2.94 bits per heavy atom. The molecule has 6 heteroatoms. The molecule has 0 spiro atoms. The van der Waals surface area contributed by atoms with Crippen molar-refractivity contribution in [2.45, 2.75) is 6.42 Å². The Kier molecular flexibility index (Phi) is 5.60. The third-order valence-corrected chi connectivity index (χ3v) is 2.47. The van der Waals surface area contributed by atoms with Gasteiger partial charge in [0.1, 0.15) is 12.7 Å². The van der Waals surface area contributed by atoms with Crippen LogP contribution in [-0.2, 0) is 16.0 Å². The summed E-state index contributed by atoms with van der Waals surface area (Å²) < 4.78 is 10.9. The van der Waals surface area contributed by atoms with Gasteiger partial charge in [-0.25, -0.2) is 4.98 Å². The van der Waals surface area contributed by atoms with Crippen molar-refractivity contribution >= 4 is 21.7 Å². The summed E-state index contributed by atoms with van der Waals surface area (Å²) in [6, 6.07) is 4.95. The molecule has 1 aromatic heterocycles. The Balaban J connectivity index is 2.72. The van der Waals surface area contributed by atoms with Crippen LogP contribution < -0.4 is 4.74 Å². The fourth-order valence-corrected chi connectivity index (χ4v) is 1.42. The van der Waals surface area contributed by atoms with Crippen LogP contribution in [0.3, 0.4) is 0 Å². The highest BCUT2D eigenvalue weighted by molar-refractivity contribution is 9.10. The lowest BCUT2D eigenvalue weighted by molar-refractivity contribution is -0.113. The van der Waals surface area contributed by atoms with Gasteiger partial charge < -0.3 is 9.47 Å². The lowest BCUT2D eigenvalue weighted by atomic mass is 10.2. The fraction of sp³-hybridized carbons (Fsp3) is 0.364. The first-order chi connectivity index (χ1) is 8.17.